The normalized spacial score (nSPS) is 16.1. The third-order valence-electron chi connectivity index (χ3n) is 5.83. The lowest BCUT2D eigenvalue weighted by Crippen LogP contribution is -2.22. The van der Waals surface area contributed by atoms with Gasteiger partial charge in [-0.15, -0.1) is 0 Å². The second-order valence-electron chi connectivity index (χ2n) is 7.81. The Kier molecular flexibility index (Phi) is 4.71. The first kappa shape index (κ1) is 18.7. The van der Waals surface area contributed by atoms with Crippen LogP contribution in [0.2, 0.25) is 0 Å². The van der Waals surface area contributed by atoms with Crippen molar-refractivity contribution in [1.82, 2.24) is 19.7 Å². The van der Waals surface area contributed by atoms with Crippen LogP contribution in [-0.4, -0.2) is 24.9 Å². The molecule has 0 aliphatic heterocycles. The Morgan fingerprint density at radius 3 is 2.54 bits per heavy atom. The number of nitrogens with one attached hydrogen (secondary N) is 1. The minimum Gasteiger partial charge on any atom is -0.507 e. The zero-order valence-electron chi connectivity index (χ0n) is 16.6. The summed E-state index contributed by atoms with van der Waals surface area (Å²) >= 11 is 0. The van der Waals surface area contributed by atoms with Crippen LogP contribution in [0.3, 0.4) is 0 Å². The molecule has 7 heteroatoms. The van der Waals surface area contributed by atoms with E-state index in [1.54, 1.807) is 0 Å². The highest BCUT2D eigenvalue weighted by Crippen LogP contribution is 2.32. The quantitative estimate of drug-likeness (QED) is 0.643. The van der Waals surface area contributed by atoms with Gasteiger partial charge in [-0.25, -0.2) is 9.67 Å². The third-order valence-corrected chi connectivity index (χ3v) is 5.83. The van der Waals surface area contributed by atoms with E-state index in [-0.39, 0.29) is 11.3 Å². The number of fused-ring (bicyclic) bond motifs is 1. The van der Waals surface area contributed by atoms with Gasteiger partial charge in [-0.05, 0) is 49.8 Å². The summed E-state index contributed by atoms with van der Waals surface area (Å²) in [5, 5.41) is 15.3. The average Bonchev–Trinajstić information content (AvgIpc) is 3.32. The molecule has 4 N–H and O–H groups in total. The van der Waals surface area contributed by atoms with Gasteiger partial charge in [0.15, 0.2) is 5.65 Å². The Balaban J connectivity index is 1.86. The lowest BCUT2D eigenvalue weighted by atomic mass is 10.00. The number of aromatic hydroxyl groups is 1. The van der Waals surface area contributed by atoms with E-state index in [9.17, 15) is 9.90 Å². The number of aromatic amines is 1. The van der Waals surface area contributed by atoms with Gasteiger partial charge in [-0.3, -0.25) is 4.79 Å². The molecule has 2 heterocycles. The second kappa shape index (κ2) is 7.05. The predicted octanol–water partition coefficient (Wildman–Crippen LogP) is 3.17. The van der Waals surface area contributed by atoms with Crippen LogP contribution in [0.15, 0.2) is 16.9 Å². The molecule has 148 valence electrons. The number of phenols is 1. The van der Waals surface area contributed by atoms with E-state index in [1.165, 1.54) is 12.8 Å². The molecule has 1 unspecified atom stereocenters. The van der Waals surface area contributed by atoms with E-state index < -0.39 is 6.04 Å². The number of nitrogens with zero attached hydrogens (tertiary/aromatic N) is 3. The molecule has 4 rings (SSSR count). The van der Waals surface area contributed by atoms with Crippen LogP contribution < -0.4 is 11.3 Å². The number of hydrogen-bond donors (Lipinski definition) is 3. The van der Waals surface area contributed by atoms with Crippen LogP contribution in [0.1, 0.15) is 72.9 Å². The molecule has 1 atom stereocenters. The molecular formula is C21H27N5O2. The zero-order chi connectivity index (χ0) is 20.0. The molecule has 0 radical (unpaired) electrons. The molecule has 28 heavy (non-hydrogen) atoms. The first-order chi connectivity index (χ1) is 13.4. The van der Waals surface area contributed by atoms with Crippen LogP contribution in [0.4, 0.5) is 0 Å². The van der Waals surface area contributed by atoms with Gasteiger partial charge in [0.05, 0.1) is 17.8 Å². The highest BCUT2D eigenvalue weighted by atomic mass is 16.3. The van der Waals surface area contributed by atoms with Crippen molar-refractivity contribution in [2.45, 2.75) is 65.0 Å². The van der Waals surface area contributed by atoms with Crippen molar-refractivity contribution in [3.05, 3.63) is 50.7 Å². The summed E-state index contributed by atoms with van der Waals surface area (Å²) in [6.07, 6.45) is 5.16. The number of hydrogen-bond acceptors (Lipinski definition) is 5. The fourth-order valence-corrected chi connectivity index (χ4v) is 4.26. The van der Waals surface area contributed by atoms with Crippen molar-refractivity contribution in [1.29, 1.82) is 0 Å². The van der Waals surface area contributed by atoms with Crippen molar-refractivity contribution >= 4 is 11.0 Å². The minimum atomic E-state index is -0.591. The number of phenolic OH excluding ortho intramolecular Hbond substituents is 1. The van der Waals surface area contributed by atoms with E-state index in [2.05, 4.69) is 4.98 Å². The number of aryl methyl sites for hydroxylation is 3. The van der Waals surface area contributed by atoms with Gasteiger partial charge in [0.1, 0.15) is 17.0 Å². The maximum atomic E-state index is 12.9. The maximum Gasteiger partial charge on any atom is 0.262 e. The van der Waals surface area contributed by atoms with Gasteiger partial charge in [0.2, 0.25) is 0 Å². The molecular weight excluding hydrogens is 354 g/mol. The number of rotatable bonds is 4. The minimum absolute atomic E-state index is 0.191. The molecule has 0 bridgehead atoms. The monoisotopic (exact) mass is 381 g/mol. The van der Waals surface area contributed by atoms with Crippen molar-refractivity contribution in [2.75, 3.05) is 0 Å². The van der Waals surface area contributed by atoms with E-state index in [4.69, 9.17) is 15.8 Å². The Morgan fingerprint density at radius 1 is 1.29 bits per heavy atom. The second-order valence-corrected chi connectivity index (χ2v) is 7.81. The Labute approximate surface area is 163 Å². The Morgan fingerprint density at radius 2 is 1.93 bits per heavy atom. The molecule has 1 aliphatic carbocycles. The van der Waals surface area contributed by atoms with Gasteiger partial charge >= 0.3 is 0 Å². The van der Waals surface area contributed by atoms with Crippen LogP contribution in [0, 0.1) is 13.8 Å². The maximum absolute atomic E-state index is 12.9. The summed E-state index contributed by atoms with van der Waals surface area (Å²) in [5.74, 6) is 0.684. The standard InChI is InChI=1S/C21H27N5O2/c1-4-15-16-20(26(25-15)14-7-5-6-8-14)23-19(24-21(16)28)17(22)13-9-11(2)18(27)12(3)10-13/h9-10,14,17,27H,4-8,22H2,1-3H3,(H,23,24,28). The summed E-state index contributed by atoms with van der Waals surface area (Å²) in [7, 11) is 0. The van der Waals surface area contributed by atoms with Crippen molar-refractivity contribution < 1.29 is 5.11 Å². The van der Waals surface area contributed by atoms with Crippen molar-refractivity contribution in [3.8, 4) is 5.75 Å². The number of H-pyrrole nitrogens is 1. The van der Waals surface area contributed by atoms with Gasteiger partial charge in [0, 0.05) is 0 Å². The largest absolute Gasteiger partial charge is 0.507 e. The smallest absolute Gasteiger partial charge is 0.262 e. The highest BCUT2D eigenvalue weighted by Gasteiger charge is 2.25. The molecule has 0 amide bonds. The van der Waals surface area contributed by atoms with Gasteiger partial charge in [-0.1, -0.05) is 31.9 Å². The number of benzene rings is 1. The van der Waals surface area contributed by atoms with Gasteiger partial charge < -0.3 is 15.8 Å². The summed E-state index contributed by atoms with van der Waals surface area (Å²) < 4.78 is 1.94. The molecule has 2 aromatic heterocycles. The lowest BCUT2D eigenvalue weighted by molar-refractivity contribution is 0.466. The van der Waals surface area contributed by atoms with E-state index in [0.29, 0.717) is 29.3 Å². The lowest BCUT2D eigenvalue weighted by Gasteiger charge is -2.15. The molecule has 1 aromatic carbocycles. The highest BCUT2D eigenvalue weighted by molar-refractivity contribution is 5.77. The first-order valence-electron chi connectivity index (χ1n) is 9.97. The van der Waals surface area contributed by atoms with Crippen LogP contribution >= 0.6 is 0 Å². The van der Waals surface area contributed by atoms with Crippen LogP contribution in [-0.2, 0) is 6.42 Å². The molecule has 0 saturated heterocycles. The molecule has 3 aromatic rings. The summed E-state index contributed by atoms with van der Waals surface area (Å²) in [6.45, 7) is 5.67. The fraction of sp³-hybridized carbons (Fsp3) is 0.476. The summed E-state index contributed by atoms with van der Waals surface area (Å²) in [5.41, 5.74) is 9.99. The van der Waals surface area contributed by atoms with Crippen molar-refractivity contribution in [2.24, 2.45) is 5.73 Å². The van der Waals surface area contributed by atoms with Gasteiger partial charge in [-0.2, -0.15) is 5.10 Å². The Bertz CT molecular complexity index is 1070. The topological polar surface area (TPSA) is 110 Å². The zero-order valence-corrected chi connectivity index (χ0v) is 16.6. The van der Waals surface area contributed by atoms with Crippen molar-refractivity contribution in [3.63, 3.8) is 0 Å². The SMILES string of the molecule is CCc1nn(C2CCCC2)c2nc(C(N)c3cc(C)c(O)c(C)c3)[nH]c(=O)c12. The molecule has 1 fully saturated rings. The number of aromatic nitrogens is 4. The molecule has 1 aliphatic rings. The van der Waals surface area contributed by atoms with Crippen LogP contribution in [0.25, 0.3) is 11.0 Å². The summed E-state index contributed by atoms with van der Waals surface area (Å²) in [4.78, 5) is 20.5. The summed E-state index contributed by atoms with van der Waals surface area (Å²) in [6, 6.07) is 3.37. The van der Waals surface area contributed by atoms with Crippen LogP contribution in [0.5, 0.6) is 5.75 Å². The molecule has 1 saturated carbocycles. The van der Waals surface area contributed by atoms with E-state index >= 15 is 0 Å². The number of nitrogens with two attached hydrogens (primary N) is 1. The third kappa shape index (κ3) is 2.99. The average molecular weight is 381 g/mol. The fourth-order valence-electron chi connectivity index (χ4n) is 4.26. The molecule has 0 spiro atoms. The van der Waals surface area contributed by atoms with E-state index in [1.807, 2.05) is 37.6 Å². The van der Waals surface area contributed by atoms with E-state index in [0.717, 1.165) is 35.2 Å². The Hall–Kier alpha value is -2.67. The first-order valence-corrected chi connectivity index (χ1v) is 9.97. The van der Waals surface area contributed by atoms with Gasteiger partial charge in [0.25, 0.3) is 5.56 Å². The molecule has 7 nitrogen and oxygen atoms in total. The predicted molar refractivity (Wildman–Crippen MR) is 109 cm³/mol.